The van der Waals surface area contributed by atoms with Crippen molar-refractivity contribution in [2.75, 3.05) is 0 Å². The predicted octanol–water partition coefficient (Wildman–Crippen LogP) is 4.16. The minimum absolute atomic E-state index is 0.0278. The summed E-state index contributed by atoms with van der Waals surface area (Å²) < 4.78 is 5.65. The lowest BCUT2D eigenvalue weighted by Gasteiger charge is -2.10. The highest BCUT2D eigenvalue weighted by Crippen LogP contribution is 2.27. The number of amidine groups is 1. The molecule has 0 heterocycles. The molecule has 0 unspecified atom stereocenters. The maximum Gasteiger partial charge on any atom is 0.138 e. The molecule has 0 amide bonds. The molecular formula is C15H14Cl2N2O. The molecule has 0 aromatic heterocycles. The second-order valence-electron chi connectivity index (χ2n) is 4.44. The Morgan fingerprint density at radius 3 is 2.50 bits per heavy atom. The number of nitrogens with two attached hydrogens (primary N) is 1. The molecule has 104 valence electrons. The van der Waals surface area contributed by atoms with Crippen LogP contribution in [0.2, 0.25) is 10.0 Å². The Hall–Kier alpha value is -1.71. The molecule has 3 nitrogen and oxygen atoms in total. The van der Waals surface area contributed by atoms with Crippen molar-refractivity contribution in [2.24, 2.45) is 5.73 Å². The number of rotatable bonds is 4. The highest BCUT2D eigenvalue weighted by Gasteiger charge is 2.07. The molecule has 0 aliphatic carbocycles. The first-order valence-corrected chi connectivity index (χ1v) is 6.74. The van der Waals surface area contributed by atoms with Gasteiger partial charge in [-0.05, 0) is 36.8 Å². The van der Waals surface area contributed by atoms with Gasteiger partial charge in [0.25, 0.3) is 0 Å². The summed E-state index contributed by atoms with van der Waals surface area (Å²) in [6.07, 6.45) is 0. The fraction of sp³-hybridized carbons (Fsp3) is 0.133. The van der Waals surface area contributed by atoms with Crippen LogP contribution in [-0.2, 0) is 6.61 Å². The van der Waals surface area contributed by atoms with Gasteiger partial charge in [-0.15, -0.1) is 0 Å². The van der Waals surface area contributed by atoms with Gasteiger partial charge in [-0.1, -0.05) is 35.3 Å². The summed E-state index contributed by atoms with van der Waals surface area (Å²) in [6, 6.07) is 10.8. The largest absolute Gasteiger partial charge is 0.487 e. The monoisotopic (exact) mass is 308 g/mol. The maximum atomic E-state index is 7.35. The summed E-state index contributed by atoms with van der Waals surface area (Å²) in [4.78, 5) is 0. The van der Waals surface area contributed by atoms with Gasteiger partial charge in [-0.3, -0.25) is 5.41 Å². The van der Waals surface area contributed by atoms with E-state index in [4.69, 9.17) is 39.1 Å². The summed E-state index contributed by atoms with van der Waals surface area (Å²) >= 11 is 12.2. The Bertz CT molecular complexity index is 656. The number of nitrogen functional groups attached to an aromatic ring is 1. The lowest BCUT2D eigenvalue weighted by atomic mass is 10.1. The van der Waals surface area contributed by atoms with Gasteiger partial charge in [0.05, 0.1) is 5.02 Å². The Morgan fingerprint density at radius 2 is 1.90 bits per heavy atom. The zero-order chi connectivity index (χ0) is 14.7. The van der Waals surface area contributed by atoms with E-state index in [-0.39, 0.29) is 5.84 Å². The fourth-order valence-electron chi connectivity index (χ4n) is 1.71. The smallest absolute Gasteiger partial charge is 0.138 e. The van der Waals surface area contributed by atoms with Gasteiger partial charge in [-0.2, -0.15) is 0 Å². The van der Waals surface area contributed by atoms with E-state index < -0.39 is 0 Å². The van der Waals surface area contributed by atoms with E-state index in [1.807, 2.05) is 25.1 Å². The number of nitrogens with one attached hydrogen (secondary N) is 1. The molecule has 5 heteroatoms. The molecular weight excluding hydrogens is 295 g/mol. The normalized spacial score (nSPS) is 10.3. The van der Waals surface area contributed by atoms with Crippen LogP contribution in [0.1, 0.15) is 16.7 Å². The molecule has 0 saturated carbocycles. The molecule has 2 aromatic rings. The summed E-state index contributed by atoms with van der Waals surface area (Å²) in [6.45, 7) is 2.31. The van der Waals surface area contributed by atoms with Crippen molar-refractivity contribution in [3.8, 4) is 5.75 Å². The second-order valence-corrected chi connectivity index (χ2v) is 5.26. The third-order valence-corrected chi connectivity index (χ3v) is 3.48. The number of ether oxygens (including phenoxy) is 1. The molecule has 0 bridgehead atoms. The third kappa shape index (κ3) is 3.44. The first-order chi connectivity index (χ1) is 9.47. The zero-order valence-corrected chi connectivity index (χ0v) is 12.4. The average molecular weight is 309 g/mol. The van der Waals surface area contributed by atoms with Crippen LogP contribution in [0.15, 0.2) is 36.4 Å². The number of aryl methyl sites for hydroxylation is 1. The maximum absolute atomic E-state index is 7.35. The van der Waals surface area contributed by atoms with Crippen molar-refractivity contribution in [2.45, 2.75) is 13.5 Å². The quantitative estimate of drug-likeness (QED) is 0.658. The van der Waals surface area contributed by atoms with Gasteiger partial charge in [-0.25, -0.2) is 0 Å². The fourth-order valence-corrected chi connectivity index (χ4v) is 2.24. The molecule has 0 radical (unpaired) electrons. The Labute approximate surface area is 127 Å². The molecule has 0 saturated heterocycles. The van der Waals surface area contributed by atoms with Crippen LogP contribution in [0.4, 0.5) is 0 Å². The van der Waals surface area contributed by atoms with Gasteiger partial charge < -0.3 is 10.5 Å². The Balaban J connectivity index is 2.13. The molecule has 2 aromatic carbocycles. The van der Waals surface area contributed by atoms with Crippen molar-refractivity contribution < 1.29 is 4.74 Å². The highest BCUT2D eigenvalue weighted by molar-refractivity contribution is 6.32. The van der Waals surface area contributed by atoms with Crippen LogP contribution >= 0.6 is 23.2 Å². The summed E-state index contributed by atoms with van der Waals surface area (Å²) in [5, 5.41) is 8.43. The van der Waals surface area contributed by atoms with E-state index in [1.165, 1.54) is 0 Å². The van der Waals surface area contributed by atoms with Crippen molar-refractivity contribution in [1.29, 1.82) is 5.41 Å². The molecule has 0 aliphatic rings. The van der Waals surface area contributed by atoms with Crippen LogP contribution in [-0.4, -0.2) is 5.84 Å². The molecule has 0 spiro atoms. The second kappa shape index (κ2) is 6.16. The van der Waals surface area contributed by atoms with Gasteiger partial charge >= 0.3 is 0 Å². The SMILES string of the molecule is Cc1ccc(COc2ccc(C(=N)N)cc2Cl)c(Cl)c1. The number of hydrogen-bond donors (Lipinski definition) is 2. The first kappa shape index (κ1) is 14.7. The van der Waals surface area contributed by atoms with Crippen molar-refractivity contribution in [3.63, 3.8) is 0 Å². The van der Waals surface area contributed by atoms with E-state index >= 15 is 0 Å². The molecule has 3 N–H and O–H groups in total. The zero-order valence-electron chi connectivity index (χ0n) is 10.9. The van der Waals surface area contributed by atoms with Crippen LogP contribution in [0.3, 0.4) is 0 Å². The minimum Gasteiger partial charge on any atom is -0.487 e. The van der Waals surface area contributed by atoms with E-state index in [2.05, 4.69) is 0 Å². The van der Waals surface area contributed by atoms with Crippen LogP contribution in [0.25, 0.3) is 0 Å². The van der Waals surface area contributed by atoms with E-state index in [0.29, 0.717) is 28.0 Å². The lowest BCUT2D eigenvalue weighted by molar-refractivity contribution is 0.306. The van der Waals surface area contributed by atoms with Crippen LogP contribution in [0.5, 0.6) is 5.75 Å². The molecule has 20 heavy (non-hydrogen) atoms. The van der Waals surface area contributed by atoms with Crippen LogP contribution in [0, 0.1) is 12.3 Å². The van der Waals surface area contributed by atoms with Gasteiger partial charge in [0.1, 0.15) is 18.2 Å². The number of halogens is 2. The molecule has 0 fully saturated rings. The summed E-state index contributed by atoms with van der Waals surface area (Å²) in [5.41, 5.74) is 7.96. The minimum atomic E-state index is -0.0278. The van der Waals surface area contributed by atoms with Gasteiger partial charge in [0.2, 0.25) is 0 Å². The van der Waals surface area contributed by atoms with E-state index in [9.17, 15) is 0 Å². The first-order valence-electron chi connectivity index (χ1n) is 5.99. The number of benzene rings is 2. The third-order valence-electron chi connectivity index (χ3n) is 2.83. The van der Waals surface area contributed by atoms with Gasteiger partial charge in [0, 0.05) is 16.1 Å². The topological polar surface area (TPSA) is 59.1 Å². The Morgan fingerprint density at radius 1 is 1.15 bits per heavy atom. The van der Waals surface area contributed by atoms with E-state index in [0.717, 1.165) is 11.1 Å². The van der Waals surface area contributed by atoms with Gasteiger partial charge in [0.15, 0.2) is 0 Å². The molecule has 2 rings (SSSR count). The van der Waals surface area contributed by atoms with Crippen molar-refractivity contribution in [3.05, 3.63) is 63.1 Å². The molecule has 0 aliphatic heterocycles. The average Bonchev–Trinajstić information content (AvgIpc) is 2.38. The lowest BCUT2D eigenvalue weighted by Crippen LogP contribution is -2.10. The van der Waals surface area contributed by atoms with Crippen molar-refractivity contribution >= 4 is 29.0 Å². The number of hydrogen-bond acceptors (Lipinski definition) is 2. The highest BCUT2D eigenvalue weighted by atomic mass is 35.5. The van der Waals surface area contributed by atoms with Crippen molar-refractivity contribution in [1.82, 2.24) is 0 Å². The predicted molar refractivity (Wildman–Crippen MR) is 83.0 cm³/mol. The summed E-state index contributed by atoms with van der Waals surface area (Å²) in [5.74, 6) is 0.508. The standard InChI is InChI=1S/C15H14Cl2N2O/c1-9-2-3-11(12(16)6-9)8-20-14-5-4-10(15(18)19)7-13(14)17/h2-7H,8H2,1H3,(H3,18,19). The Kier molecular flexibility index (Phi) is 4.53. The van der Waals surface area contributed by atoms with E-state index in [1.54, 1.807) is 18.2 Å². The molecule has 0 atom stereocenters. The summed E-state index contributed by atoms with van der Waals surface area (Å²) in [7, 11) is 0. The van der Waals surface area contributed by atoms with Crippen LogP contribution < -0.4 is 10.5 Å².